The summed E-state index contributed by atoms with van der Waals surface area (Å²) in [6, 6.07) is 17.2. The van der Waals surface area contributed by atoms with Crippen LogP contribution in [0.2, 0.25) is 0 Å². The lowest BCUT2D eigenvalue weighted by atomic mass is 10.0. The number of amides is 1. The summed E-state index contributed by atoms with van der Waals surface area (Å²) < 4.78 is 0. The topological polar surface area (TPSA) is 52.9 Å². The lowest BCUT2D eigenvalue weighted by Gasteiger charge is -2.06. The highest BCUT2D eigenvalue weighted by Crippen LogP contribution is 2.12. The van der Waals surface area contributed by atoms with Gasteiger partial charge in [-0.15, -0.1) is 0 Å². The fourth-order valence-corrected chi connectivity index (χ4v) is 1.96. The minimum atomic E-state index is -0.0402. The quantitative estimate of drug-likeness (QED) is 0.919. The Balaban J connectivity index is 1.92. The number of rotatable bonds is 4. The molecular formula is C17H16N2O. The van der Waals surface area contributed by atoms with Crippen LogP contribution in [0.1, 0.15) is 23.1 Å². The molecule has 0 aliphatic heterocycles. The van der Waals surface area contributed by atoms with Crippen molar-refractivity contribution in [2.45, 2.75) is 19.8 Å². The Morgan fingerprint density at radius 2 is 1.85 bits per heavy atom. The van der Waals surface area contributed by atoms with Gasteiger partial charge in [0, 0.05) is 12.1 Å². The number of carbonyl (C=O) groups excluding carboxylic acids is 1. The summed E-state index contributed by atoms with van der Waals surface area (Å²) >= 11 is 0. The summed E-state index contributed by atoms with van der Waals surface area (Å²) in [7, 11) is 0. The Labute approximate surface area is 118 Å². The van der Waals surface area contributed by atoms with Gasteiger partial charge < -0.3 is 5.32 Å². The standard InChI is InChI=1S/C17H16N2O/c1-13-6-9-16(10-7-13)19-17(20)11-8-14-4-2-3-5-15(14)12-18/h2-7,9-10H,8,11H2,1H3,(H,19,20). The van der Waals surface area contributed by atoms with Gasteiger partial charge in [0.25, 0.3) is 0 Å². The summed E-state index contributed by atoms with van der Waals surface area (Å²) in [4.78, 5) is 11.9. The second-order valence-corrected chi connectivity index (χ2v) is 4.68. The van der Waals surface area contributed by atoms with Crippen LogP contribution in [0.5, 0.6) is 0 Å². The Bertz CT molecular complexity index is 639. The van der Waals surface area contributed by atoms with Crippen molar-refractivity contribution in [2.75, 3.05) is 5.32 Å². The first-order valence-corrected chi connectivity index (χ1v) is 6.53. The van der Waals surface area contributed by atoms with E-state index in [0.29, 0.717) is 18.4 Å². The molecule has 0 heterocycles. The highest BCUT2D eigenvalue weighted by molar-refractivity contribution is 5.90. The second kappa shape index (κ2) is 6.53. The molecule has 2 aromatic rings. The molecule has 20 heavy (non-hydrogen) atoms. The van der Waals surface area contributed by atoms with Crippen molar-refractivity contribution >= 4 is 11.6 Å². The van der Waals surface area contributed by atoms with Gasteiger partial charge >= 0.3 is 0 Å². The molecule has 0 fully saturated rings. The van der Waals surface area contributed by atoms with Gasteiger partial charge in [0.2, 0.25) is 5.91 Å². The lowest BCUT2D eigenvalue weighted by molar-refractivity contribution is -0.116. The Hall–Kier alpha value is -2.60. The van der Waals surface area contributed by atoms with Gasteiger partial charge in [-0.2, -0.15) is 5.26 Å². The van der Waals surface area contributed by atoms with Gasteiger partial charge in [-0.05, 0) is 37.1 Å². The van der Waals surface area contributed by atoms with Crippen molar-refractivity contribution in [3.05, 3.63) is 65.2 Å². The molecule has 1 amide bonds. The van der Waals surface area contributed by atoms with Gasteiger partial charge in [-0.25, -0.2) is 0 Å². The molecule has 0 bridgehead atoms. The van der Waals surface area contributed by atoms with E-state index in [1.165, 1.54) is 0 Å². The van der Waals surface area contributed by atoms with Gasteiger partial charge in [-0.1, -0.05) is 35.9 Å². The van der Waals surface area contributed by atoms with E-state index in [2.05, 4.69) is 11.4 Å². The van der Waals surface area contributed by atoms with Crippen LogP contribution in [0.25, 0.3) is 0 Å². The molecule has 1 N–H and O–H groups in total. The molecule has 0 atom stereocenters. The van der Waals surface area contributed by atoms with Crippen molar-refractivity contribution in [1.82, 2.24) is 0 Å². The van der Waals surface area contributed by atoms with E-state index in [-0.39, 0.29) is 5.91 Å². The zero-order valence-corrected chi connectivity index (χ0v) is 11.4. The van der Waals surface area contributed by atoms with Gasteiger partial charge in [0.1, 0.15) is 0 Å². The fourth-order valence-electron chi connectivity index (χ4n) is 1.96. The molecule has 0 aliphatic carbocycles. The maximum atomic E-state index is 11.9. The van der Waals surface area contributed by atoms with Crippen molar-refractivity contribution in [2.24, 2.45) is 0 Å². The third-order valence-electron chi connectivity index (χ3n) is 3.09. The fraction of sp³-hybridized carbons (Fsp3) is 0.176. The monoisotopic (exact) mass is 264 g/mol. The highest BCUT2D eigenvalue weighted by atomic mass is 16.1. The summed E-state index contributed by atoms with van der Waals surface area (Å²) in [5.41, 5.74) is 3.50. The number of nitriles is 1. The second-order valence-electron chi connectivity index (χ2n) is 4.68. The largest absolute Gasteiger partial charge is 0.326 e. The molecule has 0 saturated heterocycles. The van der Waals surface area contributed by atoms with Crippen molar-refractivity contribution in [1.29, 1.82) is 5.26 Å². The van der Waals surface area contributed by atoms with E-state index in [1.807, 2.05) is 49.4 Å². The summed E-state index contributed by atoms with van der Waals surface area (Å²) in [5.74, 6) is -0.0402. The van der Waals surface area contributed by atoms with E-state index in [0.717, 1.165) is 16.8 Å². The van der Waals surface area contributed by atoms with Crippen LogP contribution in [0.3, 0.4) is 0 Å². The van der Waals surface area contributed by atoms with Crippen molar-refractivity contribution < 1.29 is 4.79 Å². The number of aryl methyl sites for hydroxylation is 2. The van der Waals surface area contributed by atoms with Crippen LogP contribution in [0, 0.1) is 18.3 Å². The minimum Gasteiger partial charge on any atom is -0.326 e. The van der Waals surface area contributed by atoms with Gasteiger partial charge in [-0.3, -0.25) is 4.79 Å². The number of hydrogen-bond donors (Lipinski definition) is 1. The smallest absolute Gasteiger partial charge is 0.224 e. The van der Waals surface area contributed by atoms with Crippen LogP contribution < -0.4 is 5.32 Å². The number of hydrogen-bond acceptors (Lipinski definition) is 2. The Morgan fingerprint density at radius 1 is 1.15 bits per heavy atom. The molecule has 3 heteroatoms. The van der Waals surface area contributed by atoms with E-state index in [4.69, 9.17) is 5.26 Å². The predicted molar refractivity (Wildman–Crippen MR) is 79.3 cm³/mol. The predicted octanol–water partition coefficient (Wildman–Crippen LogP) is 3.44. The first-order valence-electron chi connectivity index (χ1n) is 6.53. The average Bonchev–Trinajstić information content (AvgIpc) is 2.48. The number of anilines is 1. The Morgan fingerprint density at radius 3 is 2.55 bits per heavy atom. The van der Waals surface area contributed by atoms with Crippen LogP contribution in [-0.2, 0) is 11.2 Å². The molecular weight excluding hydrogens is 248 g/mol. The third-order valence-corrected chi connectivity index (χ3v) is 3.09. The molecule has 0 aromatic heterocycles. The SMILES string of the molecule is Cc1ccc(NC(=O)CCc2ccccc2C#N)cc1. The maximum Gasteiger partial charge on any atom is 0.224 e. The lowest BCUT2D eigenvalue weighted by Crippen LogP contribution is -2.12. The Kier molecular flexibility index (Phi) is 4.52. The average molecular weight is 264 g/mol. The van der Waals surface area contributed by atoms with E-state index in [1.54, 1.807) is 6.07 Å². The molecule has 100 valence electrons. The van der Waals surface area contributed by atoms with Crippen LogP contribution in [0.4, 0.5) is 5.69 Å². The zero-order valence-electron chi connectivity index (χ0n) is 11.4. The molecule has 0 aliphatic rings. The summed E-state index contributed by atoms with van der Waals surface area (Å²) in [6.07, 6.45) is 0.938. The molecule has 2 rings (SSSR count). The summed E-state index contributed by atoms with van der Waals surface area (Å²) in [5, 5.41) is 11.8. The van der Waals surface area contributed by atoms with E-state index >= 15 is 0 Å². The van der Waals surface area contributed by atoms with Crippen molar-refractivity contribution in [3.63, 3.8) is 0 Å². The third kappa shape index (κ3) is 3.69. The number of nitrogens with zero attached hydrogens (tertiary/aromatic N) is 1. The molecule has 0 unspecified atom stereocenters. The normalized spacial score (nSPS) is 9.80. The van der Waals surface area contributed by atoms with Crippen LogP contribution >= 0.6 is 0 Å². The molecule has 0 spiro atoms. The van der Waals surface area contributed by atoms with Crippen LogP contribution in [0.15, 0.2) is 48.5 Å². The number of nitrogens with one attached hydrogen (secondary N) is 1. The van der Waals surface area contributed by atoms with Gasteiger partial charge in [0.15, 0.2) is 0 Å². The summed E-state index contributed by atoms with van der Waals surface area (Å²) in [6.45, 7) is 2.00. The molecule has 2 aromatic carbocycles. The number of carbonyl (C=O) groups is 1. The van der Waals surface area contributed by atoms with E-state index in [9.17, 15) is 4.79 Å². The van der Waals surface area contributed by atoms with Gasteiger partial charge in [0.05, 0.1) is 11.6 Å². The first kappa shape index (κ1) is 13.8. The molecule has 0 saturated carbocycles. The van der Waals surface area contributed by atoms with E-state index < -0.39 is 0 Å². The van der Waals surface area contributed by atoms with Crippen molar-refractivity contribution in [3.8, 4) is 6.07 Å². The van der Waals surface area contributed by atoms with Crippen LogP contribution in [-0.4, -0.2) is 5.91 Å². The minimum absolute atomic E-state index is 0.0402. The zero-order chi connectivity index (χ0) is 14.4. The number of benzene rings is 2. The first-order chi connectivity index (χ1) is 9.69. The highest BCUT2D eigenvalue weighted by Gasteiger charge is 2.06. The maximum absolute atomic E-state index is 11.9. The molecule has 3 nitrogen and oxygen atoms in total. The molecule has 0 radical (unpaired) electrons.